The number of hydrogen-bond donors (Lipinski definition) is 6. The average molecular weight is 1880 g/mol. The van der Waals surface area contributed by atoms with Gasteiger partial charge in [-0.3, -0.25) is 33.8 Å². The van der Waals surface area contributed by atoms with Crippen LogP contribution in [0.2, 0.25) is 0 Å². The number of amides is 6. The van der Waals surface area contributed by atoms with Gasteiger partial charge in [-0.05, 0) is 238 Å². The van der Waals surface area contributed by atoms with Gasteiger partial charge >= 0.3 is 0 Å². The molecule has 17 aromatic rings. The summed E-state index contributed by atoms with van der Waals surface area (Å²) >= 11 is 1.96. The molecule has 0 spiro atoms. The molecule has 0 saturated heterocycles. The van der Waals surface area contributed by atoms with Gasteiger partial charge in [0.2, 0.25) is 29.5 Å². The molecular weight excluding hydrogens is 1760 g/mol. The van der Waals surface area contributed by atoms with Crippen LogP contribution in [0.1, 0.15) is 120 Å². The first-order chi connectivity index (χ1) is 68.6. The predicted molar refractivity (Wildman–Crippen MR) is 555 cm³/mol. The summed E-state index contributed by atoms with van der Waals surface area (Å²) < 4.78 is 9.58. The van der Waals surface area contributed by atoms with Crippen molar-refractivity contribution in [2.45, 2.75) is 159 Å². The van der Waals surface area contributed by atoms with Crippen molar-refractivity contribution < 1.29 is 28.8 Å². The number of nitrogens with one attached hydrogen (secondary N) is 6. The third kappa shape index (κ3) is 28.4. The molecule has 6 N–H and O–H groups in total. The minimum absolute atomic E-state index is 0.0290. The number of thioether (sulfide) groups is 1. The van der Waals surface area contributed by atoms with E-state index in [9.17, 15) is 28.8 Å². The number of fused-ring (bicyclic) bond motifs is 3. The van der Waals surface area contributed by atoms with E-state index < -0.39 is 0 Å². The van der Waals surface area contributed by atoms with Gasteiger partial charge in [0.15, 0.2) is 0 Å². The lowest BCUT2D eigenvalue weighted by atomic mass is 10.0. The van der Waals surface area contributed by atoms with Gasteiger partial charge < -0.3 is 54.7 Å². The summed E-state index contributed by atoms with van der Waals surface area (Å²) in [5.74, 6) is 2.57. The van der Waals surface area contributed by atoms with Crippen LogP contribution < -0.4 is 31.9 Å². The molecule has 3 aliphatic carbocycles. The topological polar surface area (TPSA) is 302 Å². The van der Waals surface area contributed by atoms with Gasteiger partial charge in [0.1, 0.15) is 55.2 Å². The van der Waals surface area contributed by atoms with Gasteiger partial charge in [-0.2, -0.15) is 0 Å². The van der Waals surface area contributed by atoms with Crippen molar-refractivity contribution in [1.82, 2.24) is 62.7 Å². The molecule has 9 heterocycles. The molecule has 0 radical (unpaired) electrons. The Labute approximate surface area is 820 Å². The lowest BCUT2D eigenvalue weighted by Crippen LogP contribution is -2.21. The smallest absolute Gasteiger partial charge is 0.275 e. The highest BCUT2D eigenvalue weighted by Crippen LogP contribution is 2.36. The number of nitrogens with zero attached hydrogens (tertiary/aromatic N) is 13. The Balaban J connectivity index is 0.000000121. The SMILES string of the molecule is Cc1nc(NC(=O)Cn2cnc3c2CCCC3)ccc1-c1ccccc1.Cc1nccn1CC(=O)Nc1ccc(-c2ccccc2)cc1.O=C(Cc1ccncc1)Nc1ccc(-c2ccccc2)cc1.O=C(Cn1ccnc1)Nc1ccc(SC2CCCC2)cc1.O=C(Cn1cnc2c1CCCC2)Nc1ccc(-c2ccccc2)cn1.O=C(Nc1ccc(-c2ccccc2)cc1)c1cn2c(n1)CCCC2. The fraction of sp³-hybridized carbons (Fsp3) is 0.211. The first-order valence-corrected chi connectivity index (χ1v) is 48.5. The monoisotopic (exact) mass is 1880 g/mol. The van der Waals surface area contributed by atoms with Gasteiger partial charge in [0.05, 0.1) is 36.8 Å². The zero-order valence-corrected chi connectivity index (χ0v) is 79.4. The zero-order valence-electron chi connectivity index (χ0n) is 78.6. The summed E-state index contributed by atoms with van der Waals surface area (Å²) in [7, 11) is 0. The molecule has 21 rings (SSSR count). The van der Waals surface area contributed by atoms with Crippen LogP contribution in [0.4, 0.5) is 34.4 Å². The van der Waals surface area contributed by atoms with E-state index in [0.29, 0.717) is 30.3 Å². The molecular formula is C114H113N19O6S. The van der Waals surface area contributed by atoms with Crippen LogP contribution in [0, 0.1) is 13.8 Å². The number of benzene rings is 9. The maximum Gasteiger partial charge on any atom is 0.275 e. The fourth-order valence-electron chi connectivity index (χ4n) is 17.1. The summed E-state index contributed by atoms with van der Waals surface area (Å²) in [5, 5.41) is 18.2. The molecule has 1 aliphatic heterocycles. The highest BCUT2D eigenvalue weighted by Gasteiger charge is 2.23. The second kappa shape index (κ2) is 49.4. The summed E-state index contributed by atoms with van der Waals surface area (Å²) in [4.78, 5) is 109. The van der Waals surface area contributed by atoms with Crippen molar-refractivity contribution in [3.63, 3.8) is 0 Å². The molecule has 25 nitrogen and oxygen atoms in total. The van der Waals surface area contributed by atoms with E-state index >= 15 is 0 Å². The fourth-order valence-corrected chi connectivity index (χ4v) is 18.3. The van der Waals surface area contributed by atoms with Crippen LogP contribution in [0.15, 0.2) is 359 Å². The standard InChI is InChI=1S/C21H22N4O.C20H20N4O.C20H19N3O.C19H16N2O.C18H17N3O.C16H19N3OS/c1-15-17(16-7-3-2-4-8-16)11-12-20(23-15)24-21(26)13-25-14-22-18-9-5-6-10-19(18)25;25-20(13-24-14-22-17-8-4-5-9-18(17)24)23-19-11-10-16(12-21-19)15-6-2-1-3-7-15;24-20(18-14-23-13-5-4-8-19(23)22-18)21-17-11-9-16(10-12-17)15-6-2-1-3-7-15;22-19(14-15-10-12-20-13-11-15)21-18-8-6-17(7-9-18)16-4-2-1-3-5-16;1-14-19-11-12-21(14)13-18(22)20-17-9-7-16(8-10-17)15-5-3-2-4-6-15;20-16(11-19-10-9-17-12-19)18-13-5-7-15(8-6-13)21-14-3-1-2-4-14/h2-4,7-8,11-12,14H,5-6,9-10,13H2,1H3,(H,23,24,26);1-3,6-7,10-12,14H,4-5,8-9,13H2,(H,21,23,25);1-3,6-7,9-12,14H,4-5,8,13H2,(H,21,24);1-13H,14H2,(H,21,22);2-12H,13H2,1H3,(H,20,22);5-10,12,14H,1-4,11H2,(H,18,20). The number of imidazole rings is 5. The van der Waals surface area contributed by atoms with E-state index in [1.807, 2.05) is 270 Å². The Hall–Kier alpha value is -16.4. The summed E-state index contributed by atoms with van der Waals surface area (Å²) in [6.07, 6.45) is 36.9. The van der Waals surface area contributed by atoms with E-state index in [-0.39, 0.29) is 55.1 Å². The minimum Gasteiger partial charge on any atom is -0.334 e. The number of carbonyl (C=O) groups is 6. The van der Waals surface area contributed by atoms with Crippen molar-refractivity contribution in [2.24, 2.45) is 0 Å². The van der Waals surface area contributed by atoms with Crippen LogP contribution in [-0.4, -0.2) is 103 Å². The first-order valence-electron chi connectivity index (χ1n) is 47.6. The van der Waals surface area contributed by atoms with Crippen molar-refractivity contribution in [3.8, 4) is 55.6 Å². The van der Waals surface area contributed by atoms with Crippen LogP contribution in [-0.2, 0) is 95.2 Å². The Morgan fingerprint density at radius 2 is 0.807 bits per heavy atom. The van der Waals surface area contributed by atoms with Gasteiger partial charge in [-0.15, -0.1) is 11.8 Å². The van der Waals surface area contributed by atoms with Gasteiger partial charge in [0, 0.05) is 124 Å². The largest absolute Gasteiger partial charge is 0.334 e. The van der Waals surface area contributed by atoms with E-state index in [2.05, 4.69) is 137 Å². The molecule has 0 unspecified atom stereocenters. The molecule has 0 atom stereocenters. The van der Waals surface area contributed by atoms with Crippen molar-refractivity contribution in [2.75, 3.05) is 31.9 Å². The Kier molecular flexibility index (Phi) is 34.2. The third-order valence-electron chi connectivity index (χ3n) is 24.3. The molecule has 706 valence electrons. The number of carbonyl (C=O) groups excluding carboxylic acids is 6. The molecule has 6 amide bonds. The van der Waals surface area contributed by atoms with Crippen molar-refractivity contribution in [3.05, 3.63) is 405 Å². The Morgan fingerprint density at radius 3 is 1.30 bits per heavy atom. The van der Waals surface area contributed by atoms with Crippen LogP contribution >= 0.6 is 11.8 Å². The predicted octanol–water partition coefficient (Wildman–Crippen LogP) is 22.4. The third-order valence-corrected chi connectivity index (χ3v) is 25.7. The number of hydrogen-bond acceptors (Lipinski definition) is 15. The number of rotatable bonds is 24. The maximum absolute atomic E-state index is 12.4. The van der Waals surface area contributed by atoms with Crippen LogP contribution in [0.25, 0.3) is 55.6 Å². The molecule has 1 saturated carbocycles. The van der Waals surface area contributed by atoms with Gasteiger partial charge in [-0.25, -0.2) is 34.9 Å². The van der Waals surface area contributed by atoms with Crippen LogP contribution in [0.3, 0.4) is 0 Å². The second-order valence-corrected chi connectivity index (χ2v) is 35.9. The van der Waals surface area contributed by atoms with E-state index in [1.54, 1.807) is 66.9 Å². The highest BCUT2D eigenvalue weighted by molar-refractivity contribution is 8.00. The molecule has 9 aromatic carbocycles. The minimum atomic E-state index is -0.149. The quantitative estimate of drug-likeness (QED) is 0.0328. The van der Waals surface area contributed by atoms with E-state index in [4.69, 9.17) is 0 Å². The van der Waals surface area contributed by atoms with E-state index in [0.717, 1.165) is 169 Å². The molecule has 140 heavy (non-hydrogen) atoms. The van der Waals surface area contributed by atoms with Gasteiger partial charge in [0.25, 0.3) is 5.91 Å². The Bertz CT molecular complexity index is 6840. The lowest BCUT2D eigenvalue weighted by Gasteiger charge is -2.14. The highest BCUT2D eigenvalue weighted by atomic mass is 32.2. The normalized spacial score (nSPS) is 12.6. The lowest BCUT2D eigenvalue weighted by molar-refractivity contribution is -0.117. The van der Waals surface area contributed by atoms with Crippen molar-refractivity contribution >= 4 is 81.6 Å². The summed E-state index contributed by atoms with van der Waals surface area (Å²) in [6, 6.07) is 93.8. The molecule has 8 aromatic heterocycles. The number of anilines is 6. The number of pyridine rings is 3. The zero-order chi connectivity index (χ0) is 96.4. The average Bonchev–Trinajstić information content (AvgIpc) is 1.61. The first kappa shape index (κ1) is 96.8. The van der Waals surface area contributed by atoms with Crippen molar-refractivity contribution in [1.29, 1.82) is 0 Å². The number of aryl methyl sites for hydroxylation is 6. The Morgan fingerprint density at radius 1 is 0.357 bits per heavy atom. The summed E-state index contributed by atoms with van der Waals surface area (Å²) in [6.45, 7) is 5.92. The molecule has 4 aliphatic rings. The summed E-state index contributed by atoms with van der Waals surface area (Å²) in [5.41, 5.74) is 21.5. The van der Waals surface area contributed by atoms with Gasteiger partial charge in [-0.1, -0.05) is 201 Å². The van der Waals surface area contributed by atoms with E-state index in [1.165, 1.54) is 67.6 Å². The molecule has 26 heteroatoms. The second-order valence-electron chi connectivity index (χ2n) is 34.6. The molecule has 0 bridgehead atoms. The number of aromatic nitrogens is 13. The maximum atomic E-state index is 12.4. The molecule has 1 fully saturated rings. The van der Waals surface area contributed by atoms with Crippen LogP contribution in [0.5, 0.6) is 0 Å².